The molecule has 1 aliphatic heterocycles. The monoisotopic (exact) mass is 471 g/mol. The van der Waals surface area contributed by atoms with E-state index in [1.54, 1.807) is 19.3 Å². The van der Waals surface area contributed by atoms with Crippen molar-refractivity contribution in [1.82, 2.24) is 4.90 Å². The van der Waals surface area contributed by atoms with Crippen LogP contribution >= 0.6 is 35.6 Å². The van der Waals surface area contributed by atoms with Crippen molar-refractivity contribution in [1.29, 1.82) is 0 Å². The van der Waals surface area contributed by atoms with Crippen LogP contribution in [0.2, 0.25) is 5.02 Å². The van der Waals surface area contributed by atoms with Crippen molar-refractivity contribution >= 4 is 51.9 Å². The number of ether oxygens (including phenoxy) is 2. The minimum atomic E-state index is -0.123. The molecule has 0 bridgehead atoms. The van der Waals surface area contributed by atoms with Crippen molar-refractivity contribution in [3.8, 4) is 11.5 Å². The van der Waals surface area contributed by atoms with E-state index < -0.39 is 0 Å². The highest BCUT2D eigenvalue weighted by Gasteiger charge is 2.31. The van der Waals surface area contributed by atoms with Crippen molar-refractivity contribution in [2.75, 3.05) is 13.7 Å². The average molecular weight is 472 g/mol. The van der Waals surface area contributed by atoms with Gasteiger partial charge in [-0.2, -0.15) is 0 Å². The van der Waals surface area contributed by atoms with Gasteiger partial charge in [-0.3, -0.25) is 9.69 Å². The van der Waals surface area contributed by atoms with Crippen LogP contribution in [0.5, 0.6) is 11.5 Å². The SMILES string of the molecule is C=CCc1cc(/C=C2/SC(=S)N(CC=C)C2=O)cc(OC)c1OCc1ccc(Cl)cc1. The number of hydrogen-bond acceptors (Lipinski definition) is 5. The molecule has 1 aliphatic rings. The van der Waals surface area contributed by atoms with Gasteiger partial charge in [0, 0.05) is 17.1 Å². The highest BCUT2D eigenvalue weighted by Crippen LogP contribution is 2.37. The second-order valence-corrected chi connectivity index (χ2v) is 8.81. The smallest absolute Gasteiger partial charge is 0.266 e. The molecular formula is C24H22ClNO3S2. The number of allylic oxidation sites excluding steroid dienone is 1. The van der Waals surface area contributed by atoms with Crippen LogP contribution in [0, 0.1) is 0 Å². The van der Waals surface area contributed by atoms with Gasteiger partial charge in [0.2, 0.25) is 0 Å². The summed E-state index contributed by atoms with van der Waals surface area (Å²) in [4.78, 5) is 14.7. The quantitative estimate of drug-likeness (QED) is 0.253. The molecule has 0 spiro atoms. The number of rotatable bonds is 9. The van der Waals surface area contributed by atoms with Gasteiger partial charge in [-0.1, -0.05) is 59.9 Å². The third-order valence-corrected chi connectivity index (χ3v) is 6.15. The number of thiocarbonyl (C=S) groups is 1. The van der Waals surface area contributed by atoms with Gasteiger partial charge < -0.3 is 9.47 Å². The lowest BCUT2D eigenvalue weighted by atomic mass is 10.0. The lowest BCUT2D eigenvalue weighted by molar-refractivity contribution is -0.121. The first-order valence-corrected chi connectivity index (χ1v) is 11.1. The van der Waals surface area contributed by atoms with Crippen molar-refractivity contribution in [3.05, 3.63) is 88.3 Å². The number of carbonyl (C=O) groups excluding carboxylic acids is 1. The van der Waals surface area contributed by atoms with Gasteiger partial charge in [0.15, 0.2) is 11.5 Å². The summed E-state index contributed by atoms with van der Waals surface area (Å²) in [5, 5.41) is 0.677. The van der Waals surface area contributed by atoms with Gasteiger partial charge in [0.1, 0.15) is 10.9 Å². The summed E-state index contributed by atoms with van der Waals surface area (Å²) >= 11 is 12.6. The fourth-order valence-electron chi connectivity index (χ4n) is 3.06. The van der Waals surface area contributed by atoms with Crippen LogP contribution in [-0.2, 0) is 17.8 Å². The number of hydrogen-bond donors (Lipinski definition) is 0. The number of carbonyl (C=O) groups is 1. The second kappa shape index (κ2) is 10.7. The fraction of sp³-hybridized carbons (Fsp3) is 0.167. The molecule has 0 unspecified atom stereocenters. The number of nitrogens with zero attached hydrogens (tertiary/aromatic N) is 1. The van der Waals surface area contributed by atoms with Crippen LogP contribution in [0.4, 0.5) is 0 Å². The van der Waals surface area contributed by atoms with Crippen LogP contribution in [0.15, 0.2) is 66.6 Å². The molecule has 3 rings (SSSR count). The molecular weight excluding hydrogens is 450 g/mol. The molecule has 1 fully saturated rings. The highest BCUT2D eigenvalue weighted by atomic mass is 35.5. The summed E-state index contributed by atoms with van der Waals surface area (Å²) in [6.07, 6.45) is 5.87. The zero-order valence-corrected chi connectivity index (χ0v) is 19.5. The number of benzene rings is 2. The predicted molar refractivity (Wildman–Crippen MR) is 133 cm³/mol. The molecule has 7 heteroatoms. The largest absolute Gasteiger partial charge is 0.493 e. The maximum absolute atomic E-state index is 12.6. The summed E-state index contributed by atoms with van der Waals surface area (Å²) in [6, 6.07) is 11.3. The summed E-state index contributed by atoms with van der Waals surface area (Å²) < 4.78 is 12.2. The Balaban J connectivity index is 1.91. The van der Waals surface area contributed by atoms with E-state index in [1.165, 1.54) is 16.7 Å². The summed E-state index contributed by atoms with van der Waals surface area (Å²) in [7, 11) is 1.59. The Bertz CT molecular complexity index is 1050. The Morgan fingerprint density at radius 1 is 1.19 bits per heavy atom. The zero-order valence-electron chi connectivity index (χ0n) is 17.1. The second-order valence-electron chi connectivity index (χ2n) is 6.70. The molecule has 0 aromatic heterocycles. The van der Waals surface area contributed by atoms with Gasteiger partial charge in [-0.25, -0.2) is 0 Å². The first-order chi connectivity index (χ1) is 15.0. The molecule has 0 radical (unpaired) electrons. The lowest BCUT2D eigenvalue weighted by Crippen LogP contribution is -2.27. The first kappa shape index (κ1) is 23.1. The topological polar surface area (TPSA) is 38.8 Å². The van der Waals surface area contributed by atoms with Gasteiger partial charge in [0.25, 0.3) is 5.91 Å². The van der Waals surface area contributed by atoms with Gasteiger partial charge in [0.05, 0.1) is 12.0 Å². The van der Waals surface area contributed by atoms with Crippen molar-refractivity contribution < 1.29 is 14.3 Å². The molecule has 1 heterocycles. The van der Waals surface area contributed by atoms with E-state index in [2.05, 4.69) is 13.2 Å². The maximum Gasteiger partial charge on any atom is 0.266 e. The molecule has 0 aliphatic carbocycles. The van der Waals surface area contributed by atoms with Crippen molar-refractivity contribution in [2.45, 2.75) is 13.0 Å². The molecule has 2 aromatic rings. The molecule has 0 saturated carbocycles. The minimum Gasteiger partial charge on any atom is -0.493 e. The van der Waals surface area contributed by atoms with Crippen LogP contribution in [0.25, 0.3) is 6.08 Å². The van der Waals surface area contributed by atoms with E-state index in [-0.39, 0.29) is 5.91 Å². The lowest BCUT2D eigenvalue weighted by Gasteiger charge is -2.16. The highest BCUT2D eigenvalue weighted by molar-refractivity contribution is 8.26. The number of amides is 1. The van der Waals surface area contributed by atoms with Crippen molar-refractivity contribution in [2.24, 2.45) is 0 Å². The Kier molecular flexibility index (Phi) is 7.96. The number of methoxy groups -OCH3 is 1. The van der Waals surface area contributed by atoms with Crippen molar-refractivity contribution in [3.63, 3.8) is 0 Å². The maximum atomic E-state index is 12.6. The van der Waals surface area contributed by atoms with E-state index in [9.17, 15) is 4.79 Å². The molecule has 160 valence electrons. The Hall–Kier alpha value is -2.54. The fourth-order valence-corrected chi connectivity index (χ4v) is 4.46. The van der Waals surface area contributed by atoms with E-state index >= 15 is 0 Å². The predicted octanol–water partition coefficient (Wildman–Crippen LogP) is 6.04. The summed E-state index contributed by atoms with van der Waals surface area (Å²) in [5.74, 6) is 1.11. The molecule has 4 nitrogen and oxygen atoms in total. The molecule has 31 heavy (non-hydrogen) atoms. The van der Waals surface area contributed by atoms with E-state index in [1.807, 2.05) is 42.5 Å². The molecule has 0 atom stereocenters. The van der Waals surface area contributed by atoms with E-state index in [0.717, 1.165) is 16.7 Å². The summed E-state index contributed by atoms with van der Waals surface area (Å²) in [6.45, 7) is 8.30. The third-order valence-electron chi connectivity index (χ3n) is 4.52. The molecule has 0 N–H and O–H groups in total. The standard InChI is InChI=1S/C24H22ClNO3S2/c1-4-6-18-12-17(14-21-23(27)26(11-5-2)24(30)31-21)13-20(28-3)22(18)29-15-16-7-9-19(25)10-8-16/h4-5,7-10,12-14H,1-2,6,11,15H2,3H3/b21-14+. The van der Waals surface area contributed by atoms with Crippen LogP contribution < -0.4 is 9.47 Å². The van der Waals surface area contributed by atoms with Crippen LogP contribution in [-0.4, -0.2) is 28.8 Å². The van der Waals surface area contributed by atoms with Crippen LogP contribution in [0.1, 0.15) is 16.7 Å². The average Bonchev–Trinajstić information content (AvgIpc) is 3.01. The summed E-state index contributed by atoms with van der Waals surface area (Å²) in [5.41, 5.74) is 2.73. The first-order valence-electron chi connectivity index (χ1n) is 9.52. The normalized spacial score (nSPS) is 14.8. The Labute approximate surface area is 197 Å². The minimum absolute atomic E-state index is 0.123. The Morgan fingerprint density at radius 2 is 1.94 bits per heavy atom. The zero-order chi connectivity index (χ0) is 22.4. The van der Waals surface area contributed by atoms with Gasteiger partial charge in [-0.15, -0.1) is 13.2 Å². The molecule has 1 saturated heterocycles. The van der Waals surface area contributed by atoms with Crippen LogP contribution in [0.3, 0.4) is 0 Å². The third kappa shape index (κ3) is 5.58. The van der Waals surface area contributed by atoms with E-state index in [4.69, 9.17) is 33.3 Å². The number of thioether (sulfide) groups is 1. The van der Waals surface area contributed by atoms with Gasteiger partial charge in [-0.05, 0) is 47.9 Å². The number of halogens is 1. The molecule has 2 aromatic carbocycles. The van der Waals surface area contributed by atoms with Gasteiger partial charge >= 0.3 is 0 Å². The Morgan fingerprint density at radius 3 is 2.58 bits per heavy atom. The molecule has 1 amide bonds. The van der Waals surface area contributed by atoms with E-state index in [0.29, 0.717) is 45.3 Å².